The number of nitrogens with zero attached hydrogens (tertiary/aromatic N) is 1. The van der Waals surface area contributed by atoms with Crippen LogP contribution in [0.25, 0.3) is 0 Å². The minimum absolute atomic E-state index is 0.0574. The number of hydrogen-bond donors (Lipinski definition) is 2. The zero-order valence-corrected chi connectivity index (χ0v) is 12.3. The highest BCUT2D eigenvalue weighted by atomic mass is 19.1. The highest BCUT2D eigenvalue weighted by molar-refractivity contribution is 5.89. The van der Waals surface area contributed by atoms with E-state index in [9.17, 15) is 18.7 Å². The van der Waals surface area contributed by atoms with Crippen LogP contribution >= 0.6 is 0 Å². The summed E-state index contributed by atoms with van der Waals surface area (Å²) in [4.78, 5) is 14.0. The second-order valence-electron chi connectivity index (χ2n) is 5.58. The number of rotatable bonds is 4. The van der Waals surface area contributed by atoms with E-state index in [0.29, 0.717) is 6.54 Å². The van der Waals surface area contributed by atoms with E-state index < -0.39 is 17.7 Å². The van der Waals surface area contributed by atoms with Gasteiger partial charge < -0.3 is 15.3 Å². The molecule has 2 aromatic rings. The molecule has 0 unspecified atom stereocenters. The van der Waals surface area contributed by atoms with Crippen LogP contribution in [0.15, 0.2) is 42.5 Å². The lowest BCUT2D eigenvalue weighted by Gasteiger charge is -2.23. The minimum Gasteiger partial charge on any atom is -0.508 e. The number of amides is 2. The summed E-state index contributed by atoms with van der Waals surface area (Å²) in [5.74, 6) is -1.38. The zero-order valence-electron chi connectivity index (χ0n) is 12.3. The van der Waals surface area contributed by atoms with Gasteiger partial charge in [0, 0.05) is 18.7 Å². The summed E-state index contributed by atoms with van der Waals surface area (Å²) < 4.78 is 26.6. The third-order valence-corrected chi connectivity index (χ3v) is 3.68. The van der Waals surface area contributed by atoms with E-state index in [2.05, 4.69) is 5.32 Å². The van der Waals surface area contributed by atoms with E-state index in [1.807, 2.05) is 0 Å². The molecule has 0 saturated heterocycles. The van der Waals surface area contributed by atoms with Crippen LogP contribution in [0.2, 0.25) is 0 Å². The average Bonchev–Trinajstić information content (AvgIpc) is 3.32. The molecule has 0 spiro atoms. The fraction of sp³-hybridized carbons (Fsp3) is 0.235. The van der Waals surface area contributed by atoms with Gasteiger partial charge in [0.15, 0.2) is 0 Å². The maximum Gasteiger partial charge on any atom is 0.322 e. The van der Waals surface area contributed by atoms with Crippen LogP contribution in [0.4, 0.5) is 19.3 Å². The first-order valence-corrected chi connectivity index (χ1v) is 7.33. The van der Waals surface area contributed by atoms with Crippen molar-refractivity contribution >= 4 is 11.7 Å². The molecule has 2 amide bonds. The second kappa shape index (κ2) is 6.24. The molecule has 0 atom stereocenters. The first-order chi connectivity index (χ1) is 11.0. The number of hydrogen-bond acceptors (Lipinski definition) is 2. The summed E-state index contributed by atoms with van der Waals surface area (Å²) in [6.07, 6.45) is 1.77. The van der Waals surface area contributed by atoms with Crippen molar-refractivity contribution < 1.29 is 18.7 Å². The van der Waals surface area contributed by atoms with Crippen LogP contribution in [0, 0.1) is 11.6 Å². The molecule has 1 saturated carbocycles. The Morgan fingerprint density at radius 3 is 2.65 bits per heavy atom. The molecule has 1 fully saturated rings. The summed E-state index contributed by atoms with van der Waals surface area (Å²) in [6.45, 7) is 0.313. The van der Waals surface area contributed by atoms with Gasteiger partial charge in [-0.25, -0.2) is 13.6 Å². The molecule has 2 N–H and O–H groups in total. The van der Waals surface area contributed by atoms with Crippen molar-refractivity contribution in [3.8, 4) is 5.75 Å². The molecule has 0 radical (unpaired) electrons. The van der Waals surface area contributed by atoms with Gasteiger partial charge in [-0.05, 0) is 42.7 Å². The van der Waals surface area contributed by atoms with Gasteiger partial charge in [-0.15, -0.1) is 0 Å². The Labute approximate surface area is 132 Å². The fourth-order valence-electron chi connectivity index (χ4n) is 2.38. The molecule has 2 aromatic carbocycles. The van der Waals surface area contributed by atoms with Crippen molar-refractivity contribution in [2.75, 3.05) is 5.32 Å². The van der Waals surface area contributed by atoms with Crippen molar-refractivity contribution in [2.45, 2.75) is 25.4 Å². The summed E-state index contributed by atoms with van der Waals surface area (Å²) in [5.41, 5.74) is 0.726. The first kappa shape index (κ1) is 15.3. The molecule has 6 heteroatoms. The van der Waals surface area contributed by atoms with E-state index in [1.165, 1.54) is 6.07 Å². The lowest BCUT2D eigenvalue weighted by Crippen LogP contribution is -2.36. The van der Waals surface area contributed by atoms with Gasteiger partial charge >= 0.3 is 6.03 Å². The number of aromatic hydroxyl groups is 1. The van der Waals surface area contributed by atoms with Crippen LogP contribution in [-0.2, 0) is 6.54 Å². The Morgan fingerprint density at radius 2 is 2.00 bits per heavy atom. The number of carbonyl (C=O) groups is 1. The Hall–Kier alpha value is -2.63. The second-order valence-corrected chi connectivity index (χ2v) is 5.58. The molecule has 0 aliphatic heterocycles. The highest BCUT2D eigenvalue weighted by Crippen LogP contribution is 2.29. The molecule has 120 valence electrons. The number of anilines is 1. The molecule has 1 aliphatic rings. The van der Waals surface area contributed by atoms with Gasteiger partial charge in [-0.3, -0.25) is 0 Å². The molecule has 3 rings (SSSR count). The monoisotopic (exact) mass is 318 g/mol. The SMILES string of the molecule is O=C(Nc1ccc(F)cc1F)N(Cc1cccc(O)c1)C1CC1. The topological polar surface area (TPSA) is 52.6 Å². The molecule has 4 nitrogen and oxygen atoms in total. The Morgan fingerprint density at radius 1 is 1.22 bits per heavy atom. The summed E-state index contributed by atoms with van der Waals surface area (Å²) in [6, 6.07) is 9.32. The van der Waals surface area contributed by atoms with Gasteiger partial charge in [-0.2, -0.15) is 0 Å². The third-order valence-electron chi connectivity index (χ3n) is 3.68. The number of nitrogens with one attached hydrogen (secondary N) is 1. The molecule has 23 heavy (non-hydrogen) atoms. The van der Waals surface area contributed by atoms with E-state index in [1.54, 1.807) is 29.2 Å². The van der Waals surface area contributed by atoms with Crippen molar-refractivity contribution in [1.82, 2.24) is 4.90 Å². The van der Waals surface area contributed by atoms with Gasteiger partial charge in [0.05, 0.1) is 5.69 Å². The van der Waals surface area contributed by atoms with Crippen molar-refractivity contribution in [3.05, 3.63) is 59.7 Å². The smallest absolute Gasteiger partial charge is 0.322 e. The molecule has 0 aromatic heterocycles. The molecular formula is C17H16F2N2O2. The highest BCUT2D eigenvalue weighted by Gasteiger charge is 2.33. The number of phenols is 1. The lowest BCUT2D eigenvalue weighted by molar-refractivity contribution is 0.206. The first-order valence-electron chi connectivity index (χ1n) is 7.33. The Bertz CT molecular complexity index is 732. The van der Waals surface area contributed by atoms with Crippen LogP contribution in [-0.4, -0.2) is 22.1 Å². The number of benzene rings is 2. The molecule has 0 bridgehead atoms. The Kier molecular flexibility index (Phi) is 4.14. The van der Waals surface area contributed by atoms with E-state index in [0.717, 1.165) is 30.5 Å². The average molecular weight is 318 g/mol. The largest absolute Gasteiger partial charge is 0.508 e. The zero-order chi connectivity index (χ0) is 16.4. The normalized spacial score (nSPS) is 13.7. The summed E-state index contributed by atoms with van der Waals surface area (Å²) >= 11 is 0. The standard InChI is InChI=1S/C17H16F2N2O2/c18-12-4-7-16(15(19)9-12)20-17(23)21(13-5-6-13)10-11-2-1-3-14(22)8-11/h1-4,7-9,13,22H,5-6,10H2,(H,20,23). The van der Waals surface area contributed by atoms with Gasteiger partial charge in [0.25, 0.3) is 0 Å². The maximum atomic E-state index is 13.7. The number of urea groups is 1. The lowest BCUT2D eigenvalue weighted by atomic mass is 10.2. The molecule has 1 aliphatic carbocycles. The van der Waals surface area contributed by atoms with E-state index in [4.69, 9.17) is 0 Å². The molecule has 0 heterocycles. The van der Waals surface area contributed by atoms with E-state index >= 15 is 0 Å². The van der Waals surface area contributed by atoms with Crippen molar-refractivity contribution in [1.29, 1.82) is 0 Å². The predicted octanol–water partition coefficient (Wildman–Crippen LogP) is 3.87. The number of phenolic OH excluding ortho intramolecular Hbond substituents is 1. The third kappa shape index (κ3) is 3.77. The quantitative estimate of drug-likeness (QED) is 0.899. The fourth-order valence-corrected chi connectivity index (χ4v) is 2.38. The van der Waals surface area contributed by atoms with Crippen LogP contribution in [0.3, 0.4) is 0 Å². The maximum absolute atomic E-state index is 13.7. The molecular weight excluding hydrogens is 302 g/mol. The van der Waals surface area contributed by atoms with Crippen LogP contribution < -0.4 is 5.32 Å². The summed E-state index contributed by atoms with van der Waals surface area (Å²) in [7, 11) is 0. The van der Waals surface area contributed by atoms with Crippen LogP contribution in [0.1, 0.15) is 18.4 Å². The Balaban J connectivity index is 1.74. The van der Waals surface area contributed by atoms with E-state index in [-0.39, 0.29) is 17.5 Å². The van der Waals surface area contributed by atoms with Gasteiger partial charge in [0.1, 0.15) is 17.4 Å². The van der Waals surface area contributed by atoms with Gasteiger partial charge in [-0.1, -0.05) is 12.1 Å². The number of halogens is 2. The van der Waals surface area contributed by atoms with Crippen molar-refractivity contribution in [3.63, 3.8) is 0 Å². The minimum atomic E-state index is -0.813. The van der Waals surface area contributed by atoms with Crippen LogP contribution in [0.5, 0.6) is 5.75 Å². The predicted molar refractivity (Wildman–Crippen MR) is 82.0 cm³/mol. The number of carbonyl (C=O) groups excluding carboxylic acids is 1. The van der Waals surface area contributed by atoms with Gasteiger partial charge in [0.2, 0.25) is 0 Å². The summed E-state index contributed by atoms with van der Waals surface area (Å²) in [5, 5.41) is 12.0. The van der Waals surface area contributed by atoms with Crippen molar-refractivity contribution in [2.24, 2.45) is 0 Å².